The summed E-state index contributed by atoms with van der Waals surface area (Å²) in [6, 6.07) is 3.58. The highest BCUT2D eigenvalue weighted by Crippen LogP contribution is 2.36. The van der Waals surface area contributed by atoms with Gasteiger partial charge in [0, 0.05) is 18.1 Å². The van der Waals surface area contributed by atoms with Crippen LogP contribution in [0.2, 0.25) is 0 Å². The Balaban J connectivity index is 2.39. The van der Waals surface area contributed by atoms with Crippen molar-refractivity contribution in [2.45, 2.75) is 13.3 Å². The number of hydrogen-bond acceptors (Lipinski definition) is 4. The second-order valence-electron chi connectivity index (χ2n) is 3.69. The summed E-state index contributed by atoms with van der Waals surface area (Å²) >= 11 is 0. The van der Waals surface area contributed by atoms with Gasteiger partial charge in [0.05, 0.1) is 7.11 Å². The van der Waals surface area contributed by atoms with Crippen LogP contribution in [0.4, 0.5) is 0 Å². The fraction of sp³-hybridized carbons (Fsp3) is 0.417. The van der Waals surface area contributed by atoms with Gasteiger partial charge in [0.1, 0.15) is 24.7 Å². The number of ether oxygens (including phenoxy) is 3. The summed E-state index contributed by atoms with van der Waals surface area (Å²) in [6.07, 6.45) is 0.347. The molecule has 1 aliphatic heterocycles. The monoisotopic (exact) mass is 222 g/mol. The minimum absolute atomic E-state index is 0.0926. The molecular weight excluding hydrogens is 208 g/mol. The van der Waals surface area contributed by atoms with E-state index in [0.29, 0.717) is 36.9 Å². The van der Waals surface area contributed by atoms with Crippen molar-refractivity contribution >= 4 is 5.78 Å². The maximum atomic E-state index is 11.1. The summed E-state index contributed by atoms with van der Waals surface area (Å²) in [4.78, 5) is 11.1. The Hall–Kier alpha value is -1.71. The molecule has 0 amide bonds. The van der Waals surface area contributed by atoms with E-state index in [1.165, 1.54) is 0 Å². The summed E-state index contributed by atoms with van der Waals surface area (Å²) in [6.45, 7) is 2.64. The largest absolute Gasteiger partial charge is 0.496 e. The normalized spacial score (nSPS) is 13.4. The van der Waals surface area contributed by atoms with Gasteiger partial charge in [-0.1, -0.05) is 0 Å². The summed E-state index contributed by atoms with van der Waals surface area (Å²) in [7, 11) is 1.58. The van der Waals surface area contributed by atoms with Crippen molar-refractivity contribution in [1.29, 1.82) is 0 Å². The van der Waals surface area contributed by atoms with Crippen molar-refractivity contribution in [3.05, 3.63) is 17.7 Å². The summed E-state index contributed by atoms with van der Waals surface area (Å²) in [5, 5.41) is 0. The predicted octanol–water partition coefficient (Wildman–Crippen LogP) is 1.60. The zero-order valence-corrected chi connectivity index (χ0v) is 9.41. The zero-order valence-electron chi connectivity index (χ0n) is 9.41. The third-order valence-electron chi connectivity index (χ3n) is 2.38. The SMILES string of the molecule is COc1cc2c(cc1CC(C)=O)OCCO2. The van der Waals surface area contributed by atoms with Crippen molar-refractivity contribution < 1.29 is 19.0 Å². The van der Waals surface area contributed by atoms with E-state index in [2.05, 4.69) is 0 Å². The van der Waals surface area contributed by atoms with Crippen LogP contribution in [-0.2, 0) is 11.2 Å². The molecule has 4 heteroatoms. The Morgan fingerprint density at radius 3 is 2.50 bits per heavy atom. The van der Waals surface area contributed by atoms with E-state index in [1.807, 2.05) is 6.07 Å². The lowest BCUT2D eigenvalue weighted by Gasteiger charge is -2.20. The summed E-state index contributed by atoms with van der Waals surface area (Å²) < 4.78 is 16.1. The number of fused-ring (bicyclic) bond motifs is 1. The second kappa shape index (κ2) is 4.43. The fourth-order valence-electron chi connectivity index (χ4n) is 1.71. The fourth-order valence-corrected chi connectivity index (χ4v) is 1.71. The molecule has 2 rings (SSSR count). The Morgan fingerprint density at radius 1 is 1.31 bits per heavy atom. The number of hydrogen-bond donors (Lipinski definition) is 0. The number of methoxy groups -OCH3 is 1. The molecule has 1 aromatic rings. The number of benzene rings is 1. The molecule has 16 heavy (non-hydrogen) atoms. The minimum Gasteiger partial charge on any atom is -0.496 e. The number of carbonyl (C=O) groups is 1. The molecule has 0 fully saturated rings. The smallest absolute Gasteiger partial charge is 0.165 e. The highest BCUT2D eigenvalue weighted by atomic mass is 16.6. The average molecular weight is 222 g/mol. The highest BCUT2D eigenvalue weighted by molar-refractivity contribution is 5.79. The molecule has 0 aliphatic carbocycles. The summed E-state index contributed by atoms with van der Waals surface area (Å²) in [5.74, 6) is 2.12. The lowest BCUT2D eigenvalue weighted by Crippen LogP contribution is -2.16. The van der Waals surface area contributed by atoms with Crippen LogP contribution in [0.5, 0.6) is 17.2 Å². The first kappa shape index (κ1) is 10.8. The molecule has 0 spiro atoms. The van der Waals surface area contributed by atoms with E-state index < -0.39 is 0 Å². The highest BCUT2D eigenvalue weighted by Gasteiger charge is 2.16. The first-order valence-corrected chi connectivity index (χ1v) is 5.16. The zero-order chi connectivity index (χ0) is 11.5. The maximum absolute atomic E-state index is 11.1. The van der Waals surface area contributed by atoms with Crippen LogP contribution in [0.1, 0.15) is 12.5 Å². The number of rotatable bonds is 3. The second-order valence-corrected chi connectivity index (χ2v) is 3.69. The third kappa shape index (κ3) is 2.10. The van der Waals surface area contributed by atoms with Crippen molar-refractivity contribution in [2.24, 2.45) is 0 Å². The average Bonchev–Trinajstić information content (AvgIpc) is 2.27. The lowest BCUT2D eigenvalue weighted by molar-refractivity contribution is -0.116. The number of Topliss-reactive ketones (excluding diaryl/α,β-unsaturated/α-hetero) is 1. The molecule has 0 aromatic heterocycles. The van der Waals surface area contributed by atoms with Crippen LogP contribution < -0.4 is 14.2 Å². The molecule has 0 saturated carbocycles. The van der Waals surface area contributed by atoms with Crippen LogP contribution in [-0.4, -0.2) is 26.1 Å². The van der Waals surface area contributed by atoms with Gasteiger partial charge in [-0.05, 0) is 13.0 Å². The van der Waals surface area contributed by atoms with Crippen LogP contribution in [0.25, 0.3) is 0 Å². The minimum atomic E-state index is 0.0926. The molecule has 0 atom stereocenters. The van der Waals surface area contributed by atoms with Crippen molar-refractivity contribution in [3.63, 3.8) is 0 Å². The van der Waals surface area contributed by atoms with E-state index in [-0.39, 0.29) is 5.78 Å². The van der Waals surface area contributed by atoms with Crippen molar-refractivity contribution in [2.75, 3.05) is 20.3 Å². The van der Waals surface area contributed by atoms with Gasteiger partial charge < -0.3 is 14.2 Å². The summed E-state index contributed by atoms with van der Waals surface area (Å²) in [5.41, 5.74) is 0.833. The van der Waals surface area contributed by atoms with Gasteiger partial charge >= 0.3 is 0 Å². The van der Waals surface area contributed by atoms with Gasteiger partial charge in [0.2, 0.25) is 0 Å². The third-order valence-corrected chi connectivity index (χ3v) is 2.38. The Bertz CT molecular complexity index is 412. The van der Waals surface area contributed by atoms with E-state index in [0.717, 1.165) is 5.56 Å². The number of ketones is 1. The molecule has 0 N–H and O–H groups in total. The molecule has 4 nitrogen and oxygen atoms in total. The Kier molecular flexibility index (Phi) is 2.99. The lowest BCUT2D eigenvalue weighted by atomic mass is 10.1. The van der Waals surface area contributed by atoms with Gasteiger partial charge in [0.25, 0.3) is 0 Å². The van der Waals surface area contributed by atoms with Crippen molar-refractivity contribution in [3.8, 4) is 17.2 Å². The van der Waals surface area contributed by atoms with Gasteiger partial charge in [-0.15, -0.1) is 0 Å². The molecule has 0 saturated heterocycles. The van der Waals surface area contributed by atoms with Gasteiger partial charge in [-0.2, -0.15) is 0 Å². The van der Waals surface area contributed by atoms with Gasteiger partial charge in [0.15, 0.2) is 11.5 Å². The Morgan fingerprint density at radius 2 is 1.94 bits per heavy atom. The molecule has 86 valence electrons. The maximum Gasteiger partial charge on any atom is 0.165 e. The molecule has 1 aromatic carbocycles. The molecule has 0 unspecified atom stereocenters. The van der Waals surface area contributed by atoms with Crippen LogP contribution in [0, 0.1) is 0 Å². The Labute approximate surface area is 94.1 Å². The molecule has 0 radical (unpaired) electrons. The quantitative estimate of drug-likeness (QED) is 0.779. The van der Waals surface area contributed by atoms with Gasteiger partial charge in [-0.3, -0.25) is 4.79 Å². The molecular formula is C12H14O4. The molecule has 1 aliphatic rings. The van der Waals surface area contributed by atoms with E-state index >= 15 is 0 Å². The first-order valence-electron chi connectivity index (χ1n) is 5.16. The standard InChI is InChI=1S/C12H14O4/c1-8(13)5-9-6-11-12(7-10(9)14-2)16-4-3-15-11/h6-7H,3-5H2,1-2H3. The topological polar surface area (TPSA) is 44.8 Å². The number of carbonyl (C=O) groups excluding carboxylic acids is 1. The van der Waals surface area contributed by atoms with E-state index in [4.69, 9.17) is 14.2 Å². The van der Waals surface area contributed by atoms with Crippen LogP contribution in [0.15, 0.2) is 12.1 Å². The van der Waals surface area contributed by atoms with Crippen LogP contribution >= 0.6 is 0 Å². The predicted molar refractivity (Wildman–Crippen MR) is 58.4 cm³/mol. The first-order chi connectivity index (χ1) is 7.70. The van der Waals surface area contributed by atoms with Gasteiger partial charge in [-0.25, -0.2) is 0 Å². The molecule has 1 heterocycles. The molecule has 0 bridgehead atoms. The van der Waals surface area contributed by atoms with E-state index in [9.17, 15) is 4.79 Å². The van der Waals surface area contributed by atoms with Crippen LogP contribution in [0.3, 0.4) is 0 Å². The van der Waals surface area contributed by atoms with E-state index in [1.54, 1.807) is 20.1 Å². The van der Waals surface area contributed by atoms with Crippen molar-refractivity contribution in [1.82, 2.24) is 0 Å².